The van der Waals surface area contributed by atoms with Crippen molar-refractivity contribution in [2.24, 2.45) is 11.8 Å². The largest absolute Gasteiger partial charge is 0.455 e. The Kier molecular flexibility index (Phi) is 10.7. The summed E-state index contributed by atoms with van der Waals surface area (Å²) < 4.78 is 5.98. The van der Waals surface area contributed by atoms with Gasteiger partial charge in [0, 0.05) is 12.5 Å². The smallest absolute Gasteiger partial charge is 0.309 e. The van der Waals surface area contributed by atoms with Crippen LogP contribution in [0.25, 0.3) is 0 Å². The molecular formula is C29H36N2O5. The zero-order valence-corrected chi connectivity index (χ0v) is 20.8. The molecule has 7 nitrogen and oxygen atoms in total. The van der Waals surface area contributed by atoms with Crippen LogP contribution in [0.15, 0.2) is 72.8 Å². The van der Waals surface area contributed by atoms with E-state index in [2.05, 4.69) is 10.6 Å². The van der Waals surface area contributed by atoms with Gasteiger partial charge in [0.25, 0.3) is 0 Å². The summed E-state index contributed by atoms with van der Waals surface area (Å²) in [4.78, 5) is 38.8. The Morgan fingerprint density at radius 3 is 2.44 bits per heavy atom. The van der Waals surface area contributed by atoms with Crippen LogP contribution in [0.3, 0.4) is 0 Å². The average molecular weight is 493 g/mol. The number of carbonyl (C=O) groups excluding carboxylic acids is 3. The Labute approximate surface area is 212 Å². The van der Waals surface area contributed by atoms with Crippen molar-refractivity contribution in [3.05, 3.63) is 83.9 Å². The molecule has 1 aliphatic rings. The minimum Gasteiger partial charge on any atom is -0.455 e. The Morgan fingerprint density at radius 1 is 1.06 bits per heavy atom. The van der Waals surface area contributed by atoms with Crippen molar-refractivity contribution in [3.8, 4) is 0 Å². The van der Waals surface area contributed by atoms with Gasteiger partial charge in [-0.3, -0.25) is 14.4 Å². The molecule has 1 aliphatic heterocycles. The second-order valence-electron chi connectivity index (χ2n) is 9.30. The number of esters is 1. The van der Waals surface area contributed by atoms with Crippen LogP contribution in [0.4, 0.5) is 0 Å². The zero-order valence-electron chi connectivity index (χ0n) is 20.8. The fourth-order valence-corrected chi connectivity index (χ4v) is 4.23. The monoisotopic (exact) mass is 492 g/mol. The summed E-state index contributed by atoms with van der Waals surface area (Å²) in [7, 11) is 0. The first kappa shape index (κ1) is 27.1. The first-order chi connectivity index (χ1) is 17.5. The third kappa shape index (κ3) is 8.64. The molecule has 0 aliphatic carbocycles. The molecule has 0 fully saturated rings. The Bertz CT molecular complexity index is 1010. The third-order valence-corrected chi connectivity index (χ3v) is 6.30. The summed E-state index contributed by atoms with van der Waals surface area (Å²) in [6.07, 6.45) is 5.49. The number of allylic oxidation sites excluding steroid dienone is 2. The maximum absolute atomic E-state index is 13.3. The number of rotatable bonds is 7. The number of carbonyl (C=O) groups is 3. The van der Waals surface area contributed by atoms with Crippen LogP contribution >= 0.6 is 0 Å². The summed E-state index contributed by atoms with van der Waals surface area (Å²) >= 11 is 0. The molecule has 0 radical (unpaired) electrons. The van der Waals surface area contributed by atoms with E-state index in [0.717, 1.165) is 11.1 Å². The number of amides is 2. The Morgan fingerprint density at radius 2 is 1.75 bits per heavy atom. The molecule has 0 saturated carbocycles. The molecule has 2 amide bonds. The number of hydrogen-bond acceptors (Lipinski definition) is 5. The molecule has 2 aromatic rings. The molecule has 192 valence electrons. The Hall–Kier alpha value is -3.45. The molecule has 2 aromatic carbocycles. The highest BCUT2D eigenvalue weighted by Gasteiger charge is 2.27. The minimum absolute atomic E-state index is 0.00688. The Balaban J connectivity index is 1.80. The lowest BCUT2D eigenvalue weighted by Gasteiger charge is -2.23. The van der Waals surface area contributed by atoms with Crippen LogP contribution in [-0.4, -0.2) is 42.1 Å². The molecule has 0 aromatic heterocycles. The normalized spacial score (nSPS) is 22.2. The summed E-state index contributed by atoms with van der Waals surface area (Å²) in [5.74, 6) is -1.74. The standard InChI is InChI=1S/C29H36N2O5/c1-21(20-32)31-27(33)18-24-15-9-4-10-16-25(17-22-11-5-2-6-12-22)29(35)36-26(19-30-28(24)34)23-13-7-3-8-14-23/h2-9,11-14,21,24-26,32H,10,15-20H2,1H3,(H,30,34)(H,31,33). The van der Waals surface area contributed by atoms with E-state index >= 15 is 0 Å². The molecule has 1 heterocycles. The van der Waals surface area contributed by atoms with E-state index in [4.69, 9.17) is 4.74 Å². The molecule has 3 N–H and O–H groups in total. The van der Waals surface area contributed by atoms with E-state index in [1.54, 1.807) is 6.92 Å². The number of aliphatic hydroxyl groups excluding tert-OH is 1. The van der Waals surface area contributed by atoms with Gasteiger partial charge in [0.1, 0.15) is 6.10 Å². The lowest BCUT2D eigenvalue weighted by Crippen LogP contribution is -2.40. The number of benzene rings is 2. The molecular weight excluding hydrogens is 456 g/mol. The van der Waals surface area contributed by atoms with Gasteiger partial charge in [0.15, 0.2) is 0 Å². The van der Waals surface area contributed by atoms with Crippen LogP contribution in [0.1, 0.15) is 49.8 Å². The first-order valence-corrected chi connectivity index (χ1v) is 12.6. The molecule has 0 bridgehead atoms. The zero-order chi connectivity index (χ0) is 25.8. The summed E-state index contributed by atoms with van der Waals surface area (Å²) in [5.41, 5.74) is 1.86. The molecule has 3 rings (SSSR count). The molecule has 0 spiro atoms. The van der Waals surface area contributed by atoms with Gasteiger partial charge in [-0.25, -0.2) is 0 Å². The van der Waals surface area contributed by atoms with E-state index in [9.17, 15) is 19.5 Å². The topological polar surface area (TPSA) is 105 Å². The number of cyclic esters (lactones) is 1. The summed E-state index contributed by atoms with van der Waals surface area (Å²) in [6.45, 7) is 1.64. The first-order valence-electron chi connectivity index (χ1n) is 12.6. The summed E-state index contributed by atoms with van der Waals surface area (Å²) in [6, 6.07) is 18.9. The fourth-order valence-electron chi connectivity index (χ4n) is 4.23. The SMILES string of the molecule is CC(CO)NC(=O)CC1CC=CCCC(Cc2ccccc2)C(=O)OC(c2ccccc2)CNC1=O. The van der Waals surface area contributed by atoms with Gasteiger partial charge in [-0.15, -0.1) is 0 Å². The summed E-state index contributed by atoms with van der Waals surface area (Å²) in [5, 5.41) is 14.8. The van der Waals surface area contributed by atoms with Gasteiger partial charge in [-0.1, -0.05) is 72.8 Å². The van der Waals surface area contributed by atoms with Gasteiger partial charge in [-0.2, -0.15) is 0 Å². The minimum atomic E-state index is -0.640. The second-order valence-corrected chi connectivity index (χ2v) is 9.30. The van der Waals surface area contributed by atoms with Gasteiger partial charge in [-0.05, 0) is 43.7 Å². The molecule has 7 heteroatoms. The van der Waals surface area contributed by atoms with Gasteiger partial charge in [0.2, 0.25) is 11.8 Å². The number of nitrogens with one attached hydrogen (secondary N) is 2. The molecule has 4 unspecified atom stereocenters. The van der Waals surface area contributed by atoms with Crippen LogP contribution in [0.2, 0.25) is 0 Å². The highest BCUT2D eigenvalue weighted by Crippen LogP contribution is 2.24. The van der Waals surface area contributed by atoms with E-state index < -0.39 is 12.0 Å². The van der Waals surface area contributed by atoms with Crippen LogP contribution < -0.4 is 10.6 Å². The molecule has 4 atom stereocenters. The van der Waals surface area contributed by atoms with Gasteiger partial charge in [0.05, 0.1) is 25.0 Å². The fraction of sp³-hybridized carbons (Fsp3) is 0.414. The number of ether oxygens (including phenoxy) is 1. The van der Waals surface area contributed by atoms with Crippen molar-refractivity contribution < 1.29 is 24.2 Å². The van der Waals surface area contributed by atoms with Gasteiger partial charge >= 0.3 is 5.97 Å². The predicted octanol–water partition coefficient (Wildman–Crippen LogP) is 3.49. The van der Waals surface area contributed by atoms with Crippen molar-refractivity contribution in [2.45, 2.75) is 51.2 Å². The van der Waals surface area contributed by atoms with E-state index in [0.29, 0.717) is 25.7 Å². The van der Waals surface area contributed by atoms with Crippen LogP contribution in [0, 0.1) is 11.8 Å². The lowest BCUT2D eigenvalue weighted by atomic mass is 9.94. The second kappa shape index (κ2) is 14.2. The highest BCUT2D eigenvalue weighted by molar-refractivity contribution is 5.86. The van der Waals surface area contributed by atoms with Crippen molar-refractivity contribution in [2.75, 3.05) is 13.2 Å². The highest BCUT2D eigenvalue weighted by atomic mass is 16.5. The van der Waals surface area contributed by atoms with E-state index in [1.807, 2.05) is 72.8 Å². The predicted molar refractivity (Wildman–Crippen MR) is 138 cm³/mol. The van der Waals surface area contributed by atoms with Crippen molar-refractivity contribution in [1.82, 2.24) is 10.6 Å². The third-order valence-electron chi connectivity index (χ3n) is 6.30. The van der Waals surface area contributed by atoms with Crippen LogP contribution in [0.5, 0.6) is 0 Å². The molecule has 36 heavy (non-hydrogen) atoms. The average Bonchev–Trinajstić information content (AvgIpc) is 2.90. The molecule has 0 saturated heterocycles. The van der Waals surface area contributed by atoms with Gasteiger partial charge < -0.3 is 20.5 Å². The van der Waals surface area contributed by atoms with E-state index in [-0.39, 0.29) is 49.3 Å². The van der Waals surface area contributed by atoms with Crippen molar-refractivity contribution >= 4 is 17.8 Å². The van der Waals surface area contributed by atoms with Crippen molar-refractivity contribution in [3.63, 3.8) is 0 Å². The quantitative estimate of drug-likeness (QED) is 0.405. The van der Waals surface area contributed by atoms with Crippen molar-refractivity contribution in [1.29, 1.82) is 0 Å². The number of hydrogen-bond donors (Lipinski definition) is 3. The maximum atomic E-state index is 13.3. The lowest BCUT2D eigenvalue weighted by molar-refractivity contribution is -0.155. The van der Waals surface area contributed by atoms with Crippen LogP contribution in [-0.2, 0) is 25.5 Å². The number of aliphatic hydroxyl groups is 1. The maximum Gasteiger partial charge on any atom is 0.309 e. The van der Waals surface area contributed by atoms with E-state index in [1.165, 1.54) is 0 Å².